The summed E-state index contributed by atoms with van der Waals surface area (Å²) in [6.45, 7) is 6.08. The van der Waals surface area contributed by atoms with Crippen LogP contribution in [0.15, 0.2) is 42.6 Å². The van der Waals surface area contributed by atoms with Gasteiger partial charge in [-0.2, -0.15) is 0 Å². The molecular formula is C25H29N5O3S. The Bertz CT molecular complexity index is 1290. The van der Waals surface area contributed by atoms with Gasteiger partial charge in [0.05, 0.1) is 23.8 Å². The van der Waals surface area contributed by atoms with E-state index in [0.29, 0.717) is 18.2 Å². The van der Waals surface area contributed by atoms with Crippen molar-refractivity contribution in [1.29, 1.82) is 0 Å². The van der Waals surface area contributed by atoms with E-state index in [2.05, 4.69) is 43.6 Å². The number of pyridine rings is 1. The fourth-order valence-electron chi connectivity index (χ4n) is 4.80. The number of aryl methyl sites for hydroxylation is 1. The van der Waals surface area contributed by atoms with Gasteiger partial charge in [0, 0.05) is 42.6 Å². The summed E-state index contributed by atoms with van der Waals surface area (Å²) in [6, 6.07) is 12.1. The van der Waals surface area contributed by atoms with E-state index in [1.54, 1.807) is 0 Å². The largest absolute Gasteiger partial charge is 0.477 e. The molecular weight excluding hydrogens is 450 g/mol. The van der Waals surface area contributed by atoms with Gasteiger partial charge in [-0.25, -0.2) is 13.4 Å². The lowest BCUT2D eigenvalue weighted by Crippen LogP contribution is -2.40. The van der Waals surface area contributed by atoms with Crippen molar-refractivity contribution in [2.45, 2.75) is 39.3 Å². The molecule has 0 amide bonds. The van der Waals surface area contributed by atoms with E-state index in [9.17, 15) is 8.42 Å². The van der Waals surface area contributed by atoms with Gasteiger partial charge in [-0.3, -0.25) is 4.90 Å². The maximum absolute atomic E-state index is 12.0. The van der Waals surface area contributed by atoms with Crippen LogP contribution in [-0.2, 0) is 22.8 Å². The van der Waals surface area contributed by atoms with Crippen molar-refractivity contribution >= 4 is 21.3 Å². The molecule has 178 valence electrons. The topological polar surface area (TPSA) is 97.3 Å². The molecule has 1 saturated heterocycles. The number of nitrogens with zero attached hydrogens (tertiary/aromatic N) is 4. The lowest BCUT2D eigenvalue weighted by Gasteiger charge is -2.34. The van der Waals surface area contributed by atoms with Crippen LogP contribution in [0.1, 0.15) is 30.0 Å². The first-order valence-corrected chi connectivity index (χ1v) is 13.5. The van der Waals surface area contributed by atoms with Crippen molar-refractivity contribution in [2.75, 3.05) is 30.0 Å². The molecule has 0 radical (unpaired) electrons. The first-order chi connectivity index (χ1) is 16.4. The highest BCUT2D eigenvalue weighted by Gasteiger charge is 2.34. The standard InChI is InChI=1S/C25H29N5O3S/c1-3-33-24-8-7-23(28-29-24)21-13-17(2)14-26-25(21)27-22-6-4-5-18-15-30(11-9-20(18)22)19-10-12-34(31,32)16-19/h4-8,13-14,19H,3,9-12,15-16H2,1-2H3,(H,26,27). The molecule has 1 aromatic carbocycles. The zero-order chi connectivity index (χ0) is 23.7. The van der Waals surface area contributed by atoms with Crippen LogP contribution in [0.25, 0.3) is 11.3 Å². The minimum absolute atomic E-state index is 0.123. The molecule has 34 heavy (non-hydrogen) atoms. The molecule has 0 aliphatic carbocycles. The van der Waals surface area contributed by atoms with E-state index in [0.717, 1.165) is 54.3 Å². The molecule has 1 unspecified atom stereocenters. The van der Waals surface area contributed by atoms with Crippen LogP contribution in [0.2, 0.25) is 0 Å². The Hall–Kier alpha value is -3.04. The lowest BCUT2D eigenvalue weighted by molar-refractivity contribution is 0.194. The van der Waals surface area contributed by atoms with Crippen molar-refractivity contribution in [1.82, 2.24) is 20.1 Å². The fourth-order valence-corrected chi connectivity index (χ4v) is 6.57. The van der Waals surface area contributed by atoms with Crippen molar-refractivity contribution in [2.24, 2.45) is 0 Å². The molecule has 9 heteroatoms. The number of anilines is 2. The number of aromatic nitrogens is 3. The van der Waals surface area contributed by atoms with Crippen LogP contribution in [0.3, 0.4) is 0 Å². The third-order valence-corrected chi connectivity index (χ3v) is 8.26. The highest BCUT2D eigenvalue weighted by atomic mass is 32.2. The van der Waals surface area contributed by atoms with Crippen molar-refractivity contribution in [3.05, 3.63) is 59.3 Å². The number of sulfone groups is 1. The van der Waals surface area contributed by atoms with Gasteiger partial charge in [0.25, 0.3) is 0 Å². The van der Waals surface area contributed by atoms with Gasteiger partial charge in [0.1, 0.15) is 5.82 Å². The van der Waals surface area contributed by atoms with Crippen LogP contribution in [0.4, 0.5) is 11.5 Å². The summed E-state index contributed by atoms with van der Waals surface area (Å²) < 4.78 is 29.3. The minimum atomic E-state index is -2.89. The Morgan fingerprint density at radius 3 is 2.82 bits per heavy atom. The summed E-state index contributed by atoms with van der Waals surface area (Å²) >= 11 is 0. The highest BCUT2D eigenvalue weighted by Crippen LogP contribution is 2.34. The van der Waals surface area contributed by atoms with Gasteiger partial charge in [-0.05, 0) is 61.6 Å². The third kappa shape index (κ3) is 4.76. The van der Waals surface area contributed by atoms with Crippen LogP contribution in [-0.4, -0.2) is 59.2 Å². The number of nitrogens with one attached hydrogen (secondary N) is 1. The first-order valence-electron chi connectivity index (χ1n) is 11.7. The van der Waals surface area contributed by atoms with E-state index in [1.165, 1.54) is 11.1 Å². The molecule has 2 aliphatic rings. The van der Waals surface area contributed by atoms with E-state index >= 15 is 0 Å². The van der Waals surface area contributed by atoms with Gasteiger partial charge in [0.2, 0.25) is 5.88 Å². The molecule has 5 rings (SSSR count). The van der Waals surface area contributed by atoms with Crippen LogP contribution in [0, 0.1) is 6.92 Å². The molecule has 2 aromatic heterocycles. The summed E-state index contributed by atoms with van der Waals surface area (Å²) in [6.07, 6.45) is 3.43. The van der Waals surface area contributed by atoms with Gasteiger partial charge in [0.15, 0.2) is 9.84 Å². The molecule has 0 spiro atoms. The SMILES string of the molecule is CCOc1ccc(-c2cc(C)cnc2Nc2cccc3c2CCN(C2CCS(=O)(=O)C2)C3)nn1. The zero-order valence-electron chi connectivity index (χ0n) is 19.5. The third-order valence-electron chi connectivity index (χ3n) is 6.51. The number of fused-ring (bicyclic) bond motifs is 1. The van der Waals surface area contributed by atoms with Crippen molar-refractivity contribution in [3.8, 4) is 17.1 Å². The average Bonchev–Trinajstić information content (AvgIpc) is 3.20. The number of hydrogen-bond donors (Lipinski definition) is 1. The van der Waals surface area contributed by atoms with E-state index in [-0.39, 0.29) is 11.8 Å². The normalized spacial score (nSPS) is 19.5. The second-order valence-corrected chi connectivity index (χ2v) is 11.2. The van der Waals surface area contributed by atoms with E-state index in [1.807, 2.05) is 38.2 Å². The Kier molecular flexibility index (Phi) is 6.22. The first kappa shape index (κ1) is 22.7. The summed E-state index contributed by atoms with van der Waals surface area (Å²) in [5, 5.41) is 12.1. The van der Waals surface area contributed by atoms with Crippen LogP contribution < -0.4 is 10.1 Å². The monoisotopic (exact) mass is 479 g/mol. The summed E-state index contributed by atoms with van der Waals surface area (Å²) in [4.78, 5) is 6.99. The maximum atomic E-state index is 12.0. The predicted molar refractivity (Wildman–Crippen MR) is 132 cm³/mol. The van der Waals surface area contributed by atoms with Gasteiger partial charge in [-0.1, -0.05) is 12.1 Å². The molecule has 1 fully saturated rings. The molecule has 8 nitrogen and oxygen atoms in total. The molecule has 3 aromatic rings. The number of hydrogen-bond acceptors (Lipinski definition) is 8. The number of benzene rings is 1. The summed E-state index contributed by atoms with van der Waals surface area (Å²) in [5.74, 6) is 1.80. The second-order valence-electron chi connectivity index (χ2n) is 8.94. The average molecular weight is 480 g/mol. The number of rotatable bonds is 6. The summed E-state index contributed by atoms with van der Waals surface area (Å²) in [5.41, 5.74) is 6.14. The fraction of sp³-hybridized carbons (Fsp3) is 0.400. The van der Waals surface area contributed by atoms with E-state index < -0.39 is 9.84 Å². The molecule has 1 atom stereocenters. The van der Waals surface area contributed by atoms with E-state index in [4.69, 9.17) is 4.74 Å². The van der Waals surface area contributed by atoms with Gasteiger partial charge >= 0.3 is 0 Å². The Labute approximate surface area is 200 Å². The summed E-state index contributed by atoms with van der Waals surface area (Å²) in [7, 11) is -2.89. The Morgan fingerprint density at radius 1 is 1.21 bits per heavy atom. The van der Waals surface area contributed by atoms with Crippen LogP contribution in [0.5, 0.6) is 5.88 Å². The highest BCUT2D eigenvalue weighted by molar-refractivity contribution is 7.91. The Morgan fingerprint density at radius 2 is 2.09 bits per heavy atom. The quantitative estimate of drug-likeness (QED) is 0.573. The zero-order valence-corrected chi connectivity index (χ0v) is 20.3. The Balaban J connectivity index is 1.40. The van der Waals surface area contributed by atoms with Crippen LogP contribution >= 0.6 is 0 Å². The maximum Gasteiger partial charge on any atom is 0.233 e. The second kappa shape index (κ2) is 9.31. The number of ether oxygens (including phenoxy) is 1. The molecule has 1 N–H and O–H groups in total. The minimum Gasteiger partial charge on any atom is -0.477 e. The smallest absolute Gasteiger partial charge is 0.233 e. The molecule has 0 bridgehead atoms. The lowest BCUT2D eigenvalue weighted by atomic mass is 9.96. The van der Waals surface area contributed by atoms with Crippen molar-refractivity contribution < 1.29 is 13.2 Å². The van der Waals surface area contributed by atoms with Gasteiger partial charge < -0.3 is 10.1 Å². The molecule has 0 saturated carbocycles. The predicted octanol–water partition coefficient (Wildman–Crippen LogP) is 3.53. The van der Waals surface area contributed by atoms with Crippen molar-refractivity contribution in [3.63, 3.8) is 0 Å². The molecule has 4 heterocycles. The molecule has 2 aliphatic heterocycles. The van der Waals surface area contributed by atoms with Gasteiger partial charge in [-0.15, -0.1) is 10.2 Å².